The molecule has 0 aromatic rings. The molecule has 1 atom stereocenters. The van der Waals surface area contributed by atoms with Crippen molar-refractivity contribution >= 4 is 5.91 Å². The first-order chi connectivity index (χ1) is 7.70. The van der Waals surface area contributed by atoms with Gasteiger partial charge in [0.1, 0.15) is 6.10 Å². The fraction of sp³-hybridized carbons (Fsp3) is 0.917. The monoisotopic (exact) mass is 226 g/mol. The highest BCUT2D eigenvalue weighted by atomic mass is 16.5. The third kappa shape index (κ3) is 2.95. The predicted octanol–water partition coefficient (Wildman–Crippen LogP) is 0.943. The molecule has 4 heteroatoms. The minimum absolute atomic E-state index is 0.0212. The Morgan fingerprint density at radius 3 is 2.69 bits per heavy atom. The molecule has 3 N–H and O–H groups in total. The van der Waals surface area contributed by atoms with Crippen LogP contribution >= 0.6 is 0 Å². The number of hydrogen-bond acceptors (Lipinski definition) is 3. The molecular formula is C12H22N2O2. The summed E-state index contributed by atoms with van der Waals surface area (Å²) in [5.41, 5.74) is 6.08. The van der Waals surface area contributed by atoms with Crippen LogP contribution in [0.2, 0.25) is 0 Å². The predicted molar refractivity (Wildman–Crippen MR) is 62.0 cm³/mol. The minimum Gasteiger partial charge on any atom is -0.368 e. The quantitative estimate of drug-likeness (QED) is 0.753. The Morgan fingerprint density at radius 1 is 1.31 bits per heavy atom. The van der Waals surface area contributed by atoms with Crippen LogP contribution < -0.4 is 11.1 Å². The summed E-state index contributed by atoms with van der Waals surface area (Å²) in [4.78, 5) is 11.7. The molecule has 1 saturated carbocycles. The average Bonchev–Trinajstić information content (AvgIpc) is 2.80. The molecule has 1 aliphatic carbocycles. The van der Waals surface area contributed by atoms with E-state index in [4.69, 9.17) is 10.5 Å². The molecule has 16 heavy (non-hydrogen) atoms. The van der Waals surface area contributed by atoms with Gasteiger partial charge in [-0.1, -0.05) is 19.3 Å². The lowest BCUT2D eigenvalue weighted by atomic mass is 9.82. The highest BCUT2D eigenvalue weighted by Gasteiger charge is 2.30. The number of ether oxygens (including phenoxy) is 1. The highest BCUT2D eigenvalue weighted by molar-refractivity contribution is 5.81. The molecule has 0 bridgehead atoms. The molecule has 2 rings (SSSR count). The summed E-state index contributed by atoms with van der Waals surface area (Å²) in [6.45, 7) is 1.32. The second kappa shape index (κ2) is 5.15. The van der Waals surface area contributed by atoms with E-state index in [1.54, 1.807) is 0 Å². The Bertz CT molecular complexity index is 243. The number of hydrogen-bond donors (Lipinski definition) is 2. The van der Waals surface area contributed by atoms with Crippen LogP contribution in [0.1, 0.15) is 44.9 Å². The number of carbonyl (C=O) groups excluding carboxylic acids is 1. The van der Waals surface area contributed by atoms with Crippen LogP contribution in [0.4, 0.5) is 0 Å². The Kier molecular flexibility index (Phi) is 3.82. The Labute approximate surface area is 96.9 Å². The van der Waals surface area contributed by atoms with E-state index >= 15 is 0 Å². The van der Waals surface area contributed by atoms with Crippen LogP contribution in [0.5, 0.6) is 0 Å². The third-order valence-electron chi connectivity index (χ3n) is 3.69. The zero-order chi connectivity index (χ0) is 11.4. The van der Waals surface area contributed by atoms with Crippen LogP contribution in [0.3, 0.4) is 0 Å². The smallest absolute Gasteiger partial charge is 0.249 e. The SMILES string of the molecule is NC1(CNC(=O)[C@@H]2CCCO2)CCCCC1. The maximum Gasteiger partial charge on any atom is 0.249 e. The molecular weight excluding hydrogens is 204 g/mol. The van der Waals surface area contributed by atoms with E-state index in [2.05, 4.69) is 5.32 Å². The molecule has 4 nitrogen and oxygen atoms in total. The molecule has 0 unspecified atom stereocenters. The van der Waals surface area contributed by atoms with Crippen molar-refractivity contribution in [1.29, 1.82) is 0 Å². The van der Waals surface area contributed by atoms with Gasteiger partial charge in [-0.15, -0.1) is 0 Å². The first-order valence-corrected chi connectivity index (χ1v) is 6.38. The van der Waals surface area contributed by atoms with Gasteiger partial charge in [0.2, 0.25) is 5.91 Å². The second-order valence-electron chi connectivity index (χ2n) is 5.14. The number of rotatable bonds is 3. The van der Waals surface area contributed by atoms with Gasteiger partial charge in [0.25, 0.3) is 0 Å². The molecule has 1 amide bonds. The summed E-state index contributed by atoms with van der Waals surface area (Å²) in [6.07, 6.45) is 7.32. The van der Waals surface area contributed by atoms with Gasteiger partial charge in [0.15, 0.2) is 0 Å². The fourth-order valence-corrected chi connectivity index (χ4v) is 2.59. The average molecular weight is 226 g/mol. The number of nitrogens with one attached hydrogen (secondary N) is 1. The fourth-order valence-electron chi connectivity index (χ4n) is 2.59. The van der Waals surface area contributed by atoms with Crippen molar-refractivity contribution in [3.63, 3.8) is 0 Å². The summed E-state index contributed by atoms with van der Waals surface area (Å²) in [6, 6.07) is 0. The van der Waals surface area contributed by atoms with E-state index in [1.165, 1.54) is 19.3 Å². The van der Waals surface area contributed by atoms with Gasteiger partial charge in [-0.25, -0.2) is 0 Å². The molecule has 2 fully saturated rings. The van der Waals surface area contributed by atoms with Gasteiger partial charge in [0.05, 0.1) is 0 Å². The lowest BCUT2D eigenvalue weighted by Gasteiger charge is -2.33. The molecule has 2 aliphatic rings. The molecule has 92 valence electrons. The van der Waals surface area contributed by atoms with Gasteiger partial charge < -0.3 is 15.8 Å². The van der Waals surface area contributed by atoms with E-state index in [0.29, 0.717) is 13.2 Å². The van der Waals surface area contributed by atoms with Crippen molar-refractivity contribution in [2.75, 3.05) is 13.2 Å². The minimum atomic E-state index is -0.229. The van der Waals surface area contributed by atoms with Crippen molar-refractivity contribution in [3.05, 3.63) is 0 Å². The first kappa shape index (κ1) is 11.9. The first-order valence-electron chi connectivity index (χ1n) is 6.38. The van der Waals surface area contributed by atoms with Crippen LogP contribution in [0.25, 0.3) is 0 Å². The zero-order valence-corrected chi connectivity index (χ0v) is 9.84. The van der Waals surface area contributed by atoms with Crippen LogP contribution in [-0.2, 0) is 9.53 Å². The van der Waals surface area contributed by atoms with Gasteiger partial charge in [-0.3, -0.25) is 4.79 Å². The third-order valence-corrected chi connectivity index (χ3v) is 3.69. The molecule has 0 spiro atoms. The molecule has 1 heterocycles. The number of amides is 1. The molecule has 1 saturated heterocycles. The van der Waals surface area contributed by atoms with Crippen molar-refractivity contribution in [2.45, 2.75) is 56.6 Å². The van der Waals surface area contributed by atoms with E-state index in [0.717, 1.165) is 25.7 Å². The van der Waals surface area contributed by atoms with Gasteiger partial charge in [-0.2, -0.15) is 0 Å². The molecule has 0 aromatic heterocycles. The lowest BCUT2D eigenvalue weighted by Crippen LogP contribution is -2.52. The molecule has 1 aliphatic heterocycles. The van der Waals surface area contributed by atoms with Crippen molar-refractivity contribution in [2.24, 2.45) is 5.73 Å². The molecule has 0 radical (unpaired) electrons. The number of nitrogens with two attached hydrogens (primary N) is 1. The summed E-state index contributed by atoms with van der Waals surface area (Å²) < 4.78 is 5.33. The topological polar surface area (TPSA) is 64.3 Å². The maximum absolute atomic E-state index is 11.7. The van der Waals surface area contributed by atoms with Crippen molar-refractivity contribution in [3.8, 4) is 0 Å². The Hall–Kier alpha value is -0.610. The summed E-state index contributed by atoms with van der Waals surface area (Å²) >= 11 is 0. The second-order valence-corrected chi connectivity index (χ2v) is 5.14. The van der Waals surface area contributed by atoms with E-state index < -0.39 is 0 Å². The van der Waals surface area contributed by atoms with Gasteiger partial charge in [0, 0.05) is 18.7 Å². The van der Waals surface area contributed by atoms with Gasteiger partial charge >= 0.3 is 0 Å². The van der Waals surface area contributed by atoms with Crippen molar-refractivity contribution < 1.29 is 9.53 Å². The summed E-state index contributed by atoms with van der Waals surface area (Å²) in [5.74, 6) is 0.0212. The van der Waals surface area contributed by atoms with Crippen molar-refractivity contribution in [1.82, 2.24) is 5.32 Å². The lowest BCUT2D eigenvalue weighted by molar-refractivity contribution is -0.130. The normalized spacial score (nSPS) is 28.9. The van der Waals surface area contributed by atoms with E-state index in [9.17, 15) is 4.79 Å². The zero-order valence-electron chi connectivity index (χ0n) is 9.84. The Balaban J connectivity index is 1.75. The highest BCUT2D eigenvalue weighted by Crippen LogP contribution is 2.25. The molecule has 0 aromatic carbocycles. The van der Waals surface area contributed by atoms with E-state index in [-0.39, 0.29) is 17.6 Å². The summed E-state index contributed by atoms with van der Waals surface area (Å²) in [5, 5.41) is 2.95. The van der Waals surface area contributed by atoms with Crippen LogP contribution in [0, 0.1) is 0 Å². The van der Waals surface area contributed by atoms with Crippen LogP contribution in [-0.4, -0.2) is 30.7 Å². The van der Waals surface area contributed by atoms with Gasteiger partial charge in [-0.05, 0) is 25.7 Å². The van der Waals surface area contributed by atoms with E-state index in [1.807, 2.05) is 0 Å². The standard InChI is InChI=1S/C12H22N2O2/c13-12(6-2-1-3-7-12)9-14-11(15)10-5-4-8-16-10/h10H,1-9,13H2,(H,14,15)/t10-/m0/s1. The van der Waals surface area contributed by atoms with Crippen LogP contribution in [0.15, 0.2) is 0 Å². The maximum atomic E-state index is 11.7. The summed E-state index contributed by atoms with van der Waals surface area (Å²) in [7, 11) is 0. The largest absolute Gasteiger partial charge is 0.368 e. The Morgan fingerprint density at radius 2 is 2.06 bits per heavy atom. The number of carbonyl (C=O) groups is 1.